The van der Waals surface area contributed by atoms with Crippen molar-refractivity contribution in [3.8, 4) is 0 Å². The molecule has 0 atom stereocenters. The van der Waals surface area contributed by atoms with Crippen molar-refractivity contribution in [2.45, 2.75) is 19.4 Å². The quantitative estimate of drug-likeness (QED) is 0.725. The molecule has 0 saturated carbocycles. The van der Waals surface area contributed by atoms with Gasteiger partial charge < -0.3 is 9.69 Å². The molecule has 1 aromatic heterocycles. The van der Waals surface area contributed by atoms with E-state index in [0.717, 1.165) is 25.1 Å². The highest BCUT2D eigenvalue weighted by Gasteiger charge is 2.22. The molecule has 0 unspecified atom stereocenters. The van der Waals surface area contributed by atoms with E-state index in [2.05, 4.69) is 15.1 Å². The molecule has 0 radical (unpaired) electrons. The van der Waals surface area contributed by atoms with Gasteiger partial charge in [-0.3, -0.25) is 10.00 Å². The summed E-state index contributed by atoms with van der Waals surface area (Å²) >= 11 is 0. The van der Waals surface area contributed by atoms with Gasteiger partial charge in [-0.2, -0.15) is 5.10 Å². The van der Waals surface area contributed by atoms with Gasteiger partial charge in [0.15, 0.2) is 0 Å². The standard InChI is InChI=1S/C11H20N4O/c1-11(2,9-16)15(4)6-5-14(3)10-7-12-13-8-10/h7-9H,5-6H2,1-4H3,(H,12,13). The third-order valence-corrected chi connectivity index (χ3v) is 2.97. The number of H-pyrrole nitrogens is 1. The SMILES string of the molecule is CN(CCN(C)C(C)(C)C=O)c1cn[nH]c1. The molecule has 1 aromatic rings. The van der Waals surface area contributed by atoms with E-state index in [1.54, 1.807) is 6.20 Å². The molecule has 0 aliphatic heterocycles. The van der Waals surface area contributed by atoms with Crippen molar-refractivity contribution in [2.75, 3.05) is 32.1 Å². The molecule has 16 heavy (non-hydrogen) atoms. The van der Waals surface area contributed by atoms with E-state index in [9.17, 15) is 4.79 Å². The number of aldehydes is 1. The van der Waals surface area contributed by atoms with Crippen molar-refractivity contribution >= 4 is 12.0 Å². The van der Waals surface area contributed by atoms with Gasteiger partial charge in [-0.05, 0) is 20.9 Å². The van der Waals surface area contributed by atoms with Gasteiger partial charge in [0.1, 0.15) is 6.29 Å². The second-order valence-corrected chi connectivity index (χ2v) is 4.57. The lowest BCUT2D eigenvalue weighted by Crippen LogP contribution is -2.45. The fourth-order valence-electron chi connectivity index (χ4n) is 1.26. The van der Waals surface area contributed by atoms with Crippen LogP contribution in [0.15, 0.2) is 12.4 Å². The molecular weight excluding hydrogens is 204 g/mol. The van der Waals surface area contributed by atoms with E-state index in [1.165, 1.54) is 0 Å². The van der Waals surface area contributed by atoms with Crippen LogP contribution in [0.2, 0.25) is 0 Å². The van der Waals surface area contributed by atoms with E-state index < -0.39 is 5.54 Å². The Labute approximate surface area is 96.4 Å². The molecule has 1 N–H and O–H groups in total. The number of aromatic nitrogens is 2. The van der Waals surface area contributed by atoms with Crippen LogP contribution >= 0.6 is 0 Å². The first-order chi connectivity index (χ1) is 7.47. The fourth-order valence-corrected chi connectivity index (χ4v) is 1.26. The van der Waals surface area contributed by atoms with E-state index in [1.807, 2.05) is 39.0 Å². The molecule has 90 valence electrons. The highest BCUT2D eigenvalue weighted by atomic mass is 16.1. The van der Waals surface area contributed by atoms with Gasteiger partial charge in [0.25, 0.3) is 0 Å². The monoisotopic (exact) mass is 224 g/mol. The molecule has 0 fully saturated rings. The van der Waals surface area contributed by atoms with Crippen LogP contribution < -0.4 is 4.90 Å². The van der Waals surface area contributed by atoms with E-state index in [0.29, 0.717) is 0 Å². The molecule has 0 bridgehead atoms. The summed E-state index contributed by atoms with van der Waals surface area (Å²) in [6.07, 6.45) is 4.61. The van der Waals surface area contributed by atoms with Crippen LogP contribution in [0.3, 0.4) is 0 Å². The van der Waals surface area contributed by atoms with Crippen molar-refractivity contribution in [1.82, 2.24) is 15.1 Å². The third kappa shape index (κ3) is 3.06. The summed E-state index contributed by atoms with van der Waals surface area (Å²) in [5.41, 5.74) is 0.648. The predicted molar refractivity (Wildman–Crippen MR) is 64.6 cm³/mol. The van der Waals surface area contributed by atoms with Crippen LogP contribution in [0.1, 0.15) is 13.8 Å². The Morgan fingerprint density at radius 1 is 1.44 bits per heavy atom. The number of hydrogen-bond acceptors (Lipinski definition) is 4. The number of rotatable bonds is 6. The molecular formula is C11H20N4O. The molecule has 5 heteroatoms. The smallest absolute Gasteiger partial charge is 0.139 e. The Morgan fingerprint density at radius 3 is 2.62 bits per heavy atom. The Hall–Kier alpha value is -1.36. The number of anilines is 1. The first-order valence-electron chi connectivity index (χ1n) is 5.35. The second kappa shape index (κ2) is 5.12. The molecule has 0 aromatic carbocycles. The van der Waals surface area contributed by atoms with Crippen molar-refractivity contribution in [3.05, 3.63) is 12.4 Å². The fraction of sp³-hybridized carbons (Fsp3) is 0.636. The number of hydrogen-bond donors (Lipinski definition) is 1. The minimum atomic E-state index is -0.406. The van der Waals surface area contributed by atoms with E-state index in [-0.39, 0.29) is 0 Å². The maximum Gasteiger partial charge on any atom is 0.139 e. The predicted octanol–water partition coefficient (Wildman–Crippen LogP) is 0.755. The summed E-state index contributed by atoms with van der Waals surface area (Å²) in [6, 6.07) is 0. The minimum Gasteiger partial charge on any atom is -0.371 e. The lowest BCUT2D eigenvalue weighted by Gasteiger charge is -2.31. The van der Waals surface area contributed by atoms with Gasteiger partial charge in [-0.1, -0.05) is 0 Å². The zero-order valence-corrected chi connectivity index (χ0v) is 10.4. The molecule has 0 spiro atoms. The van der Waals surface area contributed by atoms with Crippen LogP contribution in [0.4, 0.5) is 5.69 Å². The Balaban J connectivity index is 2.43. The molecule has 1 heterocycles. The summed E-state index contributed by atoms with van der Waals surface area (Å²) in [5.74, 6) is 0. The van der Waals surface area contributed by atoms with Gasteiger partial charge in [0, 0.05) is 26.3 Å². The maximum absolute atomic E-state index is 10.9. The van der Waals surface area contributed by atoms with Crippen molar-refractivity contribution < 1.29 is 4.79 Å². The van der Waals surface area contributed by atoms with Crippen LogP contribution in [0, 0.1) is 0 Å². The summed E-state index contributed by atoms with van der Waals surface area (Å²) in [5, 5.41) is 6.68. The first-order valence-corrected chi connectivity index (χ1v) is 5.35. The summed E-state index contributed by atoms with van der Waals surface area (Å²) < 4.78 is 0. The second-order valence-electron chi connectivity index (χ2n) is 4.57. The third-order valence-electron chi connectivity index (χ3n) is 2.97. The van der Waals surface area contributed by atoms with E-state index >= 15 is 0 Å². The molecule has 0 aliphatic rings. The zero-order chi connectivity index (χ0) is 12.2. The molecule has 5 nitrogen and oxygen atoms in total. The first kappa shape index (κ1) is 12.7. The lowest BCUT2D eigenvalue weighted by atomic mass is 10.1. The van der Waals surface area contributed by atoms with Gasteiger partial charge in [-0.25, -0.2) is 0 Å². The van der Waals surface area contributed by atoms with Crippen molar-refractivity contribution in [1.29, 1.82) is 0 Å². The van der Waals surface area contributed by atoms with Gasteiger partial charge >= 0.3 is 0 Å². The summed E-state index contributed by atoms with van der Waals surface area (Å²) in [4.78, 5) is 15.0. The highest BCUT2D eigenvalue weighted by Crippen LogP contribution is 2.11. The number of carbonyl (C=O) groups is 1. The number of aromatic amines is 1. The summed E-state index contributed by atoms with van der Waals surface area (Å²) in [7, 11) is 3.96. The van der Waals surface area contributed by atoms with Crippen LogP contribution in [0.25, 0.3) is 0 Å². The highest BCUT2D eigenvalue weighted by molar-refractivity contribution is 5.62. The summed E-state index contributed by atoms with van der Waals surface area (Å²) in [6.45, 7) is 5.51. The topological polar surface area (TPSA) is 52.2 Å². The molecule has 0 saturated heterocycles. The lowest BCUT2D eigenvalue weighted by molar-refractivity contribution is -0.116. The van der Waals surface area contributed by atoms with Gasteiger partial charge in [0.2, 0.25) is 0 Å². The Kier molecular flexibility index (Phi) is 4.06. The maximum atomic E-state index is 10.9. The van der Waals surface area contributed by atoms with E-state index in [4.69, 9.17) is 0 Å². The molecule has 0 amide bonds. The number of carbonyl (C=O) groups excluding carboxylic acids is 1. The normalized spacial score (nSPS) is 11.8. The minimum absolute atomic E-state index is 0.406. The largest absolute Gasteiger partial charge is 0.371 e. The Bertz CT molecular complexity index is 321. The Morgan fingerprint density at radius 2 is 2.12 bits per heavy atom. The van der Waals surface area contributed by atoms with Crippen molar-refractivity contribution in [3.63, 3.8) is 0 Å². The zero-order valence-electron chi connectivity index (χ0n) is 10.4. The van der Waals surface area contributed by atoms with Gasteiger partial charge in [-0.15, -0.1) is 0 Å². The van der Waals surface area contributed by atoms with Crippen molar-refractivity contribution in [2.24, 2.45) is 0 Å². The van der Waals surface area contributed by atoms with Crippen LogP contribution in [-0.4, -0.2) is 54.1 Å². The number of likely N-dealkylation sites (N-methyl/N-ethyl adjacent to an activating group) is 2. The van der Waals surface area contributed by atoms with Gasteiger partial charge in [0.05, 0.1) is 17.4 Å². The average Bonchev–Trinajstić information content (AvgIpc) is 2.78. The van der Waals surface area contributed by atoms with Crippen LogP contribution in [0.5, 0.6) is 0 Å². The average molecular weight is 224 g/mol. The van der Waals surface area contributed by atoms with Crippen LogP contribution in [-0.2, 0) is 4.79 Å². The number of nitrogens with one attached hydrogen (secondary N) is 1. The molecule has 1 rings (SSSR count). The number of nitrogens with zero attached hydrogens (tertiary/aromatic N) is 3. The molecule has 0 aliphatic carbocycles.